The van der Waals surface area contributed by atoms with Gasteiger partial charge in [0.2, 0.25) is 0 Å². The highest BCUT2D eigenvalue weighted by molar-refractivity contribution is 6.17. The second-order valence-electron chi connectivity index (χ2n) is 11.1. The van der Waals surface area contributed by atoms with Gasteiger partial charge in [-0.25, -0.2) is 0 Å². The number of fused-ring (bicyclic) bond motifs is 1. The maximum atomic E-state index is 2.59. The predicted octanol–water partition coefficient (Wildman–Crippen LogP) is 7.57. The molecule has 2 aliphatic carbocycles. The molecule has 0 N–H and O–H groups in total. The zero-order valence-corrected chi connectivity index (χ0v) is 20.0. The number of hydrogen-bond acceptors (Lipinski definition) is 0. The van der Waals surface area contributed by atoms with E-state index in [9.17, 15) is 0 Å². The molecule has 1 aromatic carbocycles. The Morgan fingerprint density at radius 2 is 1.66 bits per heavy atom. The molecule has 0 bridgehead atoms. The van der Waals surface area contributed by atoms with Crippen LogP contribution in [-0.2, 0) is 10.8 Å². The standard InChI is InChI=1S/C28H43B/c1-21(20-29)12-10-8-6-7-9-11-13-22-18-24(22)23-14-15-25-26(19-23)28(4,5)17-16-27(25,2)3/h6-7,14-15,19-20,22,24H,8-13,16-18,29H2,1-5H3/b7-6+,21-20+. The predicted molar refractivity (Wildman–Crippen MR) is 132 cm³/mol. The number of benzene rings is 1. The summed E-state index contributed by atoms with van der Waals surface area (Å²) in [5.74, 6) is 3.99. The van der Waals surface area contributed by atoms with Gasteiger partial charge in [0.25, 0.3) is 0 Å². The van der Waals surface area contributed by atoms with Gasteiger partial charge in [-0.05, 0) is 104 Å². The van der Waals surface area contributed by atoms with Crippen molar-refractivity contribution in [3.8, 4) is 0 Å². The first kappa shape index (κ1) is 22.5. The van der Waals surface area contributed by atoms with E-state index >= 15 is 0 Å². The molecule has 1 aromatic rings. The van der Waals surface area contributed by atoms with Crippen LogP contribution in [0, 0.1) is 5.92 Å². The van der Waals surface area contributed by atoms with Crippen molar-refractivity contribution in [2.45, 2.75) is 109 Å². The van der Waals surface area contributed by atoms with E-state index in [0.717, 1.165) is 11.8 Å². The van der Waals surface area contributed by atoms with E-state index in [2.05, 4.69) is 78.8 Å². The molecular formula is C28H43B. The second-order valence-corrected chi connectivity index (χ2v) is 11.1. The van der Waals surface area contributed by atoms with Crippen LogP contribution >= 0.6 is 0 Å². The van der Waals surface area contributed by atoms with Crippen LogP contribution in [0.5, 0.6) is 0 Å². The fourth-order valence-electron chi connectivity index (χ4n) is 5.19. The Bertz CT molecular complexity index is 750. The maximum Gasteiger partial charge on any atom is 0.129 e. The molecule has 0 nitrogen and oxygen atoms in total. The van der Waals surface area contributed by atoms with E-state index < -0.39 is 0 Å². The van der Waals surface area contributed by atoms with Gasteiger partial charge in [-0.2, -0.15) is 0 Å². The van der Waals surface area contributed by atoms with Gasteiger partial charge in [0, 0.05) is 0 Å². The third kappa shape index (κ3) is 5.68. The molecular weight excluding hydrogens is 347 g/mol. The van der Waals surface area contributed by atoms with Crippen LogP contribution in [0.2, 0.25) is 0 Å². The number of rotatable bonds is 9. The zero-order valence-electron chi connectivity index (χ0n) is 20.0. The molecule has 0 saturated heterocycles. The first-order chi connectivity index (χ1) is 13.7. The second kappa shape index (κ2) is 9.28. The first-order valence-corrected chi connectivity index (χ1v) is 12.2. The Hall–Kier alpha value is -1.24. The SMILES string of the molecule is B/C=C(\C)CCC/C=C/CCCC1CC1c1ccc2c(c1)C(C)(C)CCC2(C)C. The Balaban J connectivity index is 1.45. The van der Waals surface area contributed by atoms with Crippen LogP contribution < -0.4 is 0 Å². The molecule has 1 heteroatoms. The van der Waals surface area contributed by atoms with Crippen molar-refractivity contribution in [2.75, 3.05) is 0 Å². The minimum Gasteiger partial charge on any atom is -0.125 e. The molecule has 0 heterocycles. The van der Waals surface area contributed by atoms with E-state index in [-0.39, 0.29) is 0 Å². The quantitative estimate of drug-likeness (QED) is 0.232. The molecule has 2 aliphatic rings. The molecule has 0 amide bonds. The van der Waals surface area contributed by atoms with Crippen molar-refractivity contribution in [3.05, 3.63) is 58.6 Å². The van der Waals surface area contributed by atoms with Crippen LogP contribution in [0.25, 0.3) is 0 Å². The molecule has 0 radical (unpaired) electrons. The van der Waals surface area contributed by atoms with Crippen LogP contribution in [-0.4, -0.2) is 7.85 Å². The molecule has 3 rings (SSSR count). The van der Waals surface area contributed by atoms with Crippen LogP contribution in [0.15, 0.2) is 41.9 Å². The zero-order chi connectivity index (χ0) is 21.1. The average Bonchev–Trinajstić information content (AvgIpc) is 3.46. The summed E-state index contributed by atoms with van der Waals surface area (Å²) in [7, 11) is 2.14. The number of hydrogen-bond donors (Lipinski definition) is 0. The molecule has 2 unspecified atom stereocenters. The lowest BCUT2D eigenvalue weighted by atomic mass is 9.63. The summed E-state index contributed by atoms with van der Waals surface area (Å²) in [6.07, 6.45) is 16.7. The lowest BCUT2D eigenvalue weighted by molar-refractivity contribution is 0.331. The van der Waals surface area contributed by atoms with Crippen molar-refractivity contribution in [1.29, 1.82) is 0 Å². The van der Waals surface area contributed by atoms with Crippen LogP contribution in [0.3, 0.4) is 0 Å². The van der Waals surface area contributed by atoms with Gasteiger partial charge in [-0.1, -0.05) is 63.6 Å². The fraction of sp³-hybridized carbons (Fsp3) is 0.643. The van der Waals surface area contributed by atoms with E-state index in [1.54, 1.807) is 16.7 Å². The summed E-state index contributed by atoms with van der Waals surface area (Å²) in [4.78, 5) is 0. The minimum atomic E-state index is 0.335. The van der Waals surface area contributed by atoms with Gasteiger partial charge < -0.3 is 0 Å². The van der Waals surface area contributed by atoms with Crippen molar-refractivity contribution >= 4 is 7.85 Å². The van der Waals surface area contributed by atoms with Crippen molar-refractivity contribution < 1.29 is 0 Å². The Labute approximate surface area is 181 Å². The van der Waals surface area contributed by atoms with E-state index in [4.69, 9.17) is 0 Å². The Morgan fingerprint density at radius 3 is 2.34 bits per heavy atom. The normalized spacial score (nSPS) is 25.2. The summed E-state index contributed by atoms with van der Waals surface area (Å²) in [5.41, 5.74) is 7.05. The summed E-state index contributed by atoms with van der Waals surface area (Å²) >= 11 is 0. The van der Waals surface area contributed by atoms with Gasteiger partial charge >= 0.3 is 0 Å². The van der Waals surface area contributed by atoms with E-state index in [1.165, 1.54) is 63.4 Å². The number of unbranched alkanes of at least 4 members (excludes halogenated alkanes) is 2. The number of allylic oxidation sites excluding steroid dienone is 3. The van der Waals surface area contributed by atoms with Crippen LogP contribution in [0.4, 0.5) is 0 Å². The molecule has 0 aliphatic heterocycles. The molecule has 29 heavy (non-hydrogen) atoms. The summed E-state index contributed by atoms with van der Waals surface area (Å²) in [6, 6.07) is 7.52. The lowest BCUT2D eigenvalue weighted by Gasteiger charge is -2.42. The van der Waals surface area contributed by atoms with Gasteiger partial charge in [0.15, 0.2) is 0 Å². The highest BCUT2D eigenvalue weighted by Crippen LogP contribution is 2.53. The van der Waals surface area contributed by atoms with Crippen LogP contribution in [0.1, 0.15) is 115 Å². The average molecular weight is 390 g/mol. The van der Waals surface area contributed by atoms with Gasteiger partial charge in [-0.3, -0.25) is 0 Å². The monoisotopic (exact) mass is 390 g/mol. The summed E-state index contributed by atoms with van der Waals surface area (Å²) in [5, 5.41) is 0. The highest BCUT2D eigenvalue weighted by Gasteiger charge is 2.41. The smallest absolute Gasteiger partial charge is 0.125 e. The maximum absolute atomic E-state index is 2.59. The van der Waals surface area contributed by atoms with Gasteiger partial charge in [0.1, 0.15) is 7.85 Å². The van der Waals surface area contributed by atoms with Crippen molar-refractivity contribution in [3.63, 3.8) is 0 Å². The molecule has 0 aromatic heterocycles. The van der Waals surface area contributed by atoms with E-state index in [1.807, 2.05) is 0 Å². The topological polar surface area (TPSA) is 0 Å². The lowest BCUT2D eigenvalue weighted by Crippen LogP contribution is -2.33. The highest BCUT2D eigenvalue weighted by atomic mass is 14.5. The van der Waals surface area contributed by atoms with Gasteiger partial charge in [0.05, 0.1) is 0 Å². The van der Waals surface area contributed by atoms with Gasteiger partial charge in [-0.15, -0.1) is 5.98 Å². The molecule has 1 saturated carbocycles. The van der Waals surface area contributed by atoms with Crippen molar-refractivity contribution in [2.24, 2.45) is 5.92 Å². The fourth-order valence-corrected chi connectivity index (χ4v) is 5.19. The molecule has 0 spiro atoms. The minimum absolute atomic E-state index is 0.335. The molecule has 2 atom stereocenters. The van der Waals surface area contributed by atoms with E-state index in [0.29, 0.717) is 10.8 Å². The Kier molecular flexibility index (Phi) is 7.18. The Morgan fingerprint density at radius 1 is 1.00 bits per heavy atom. The third-order valence-electron chi connectivity index (χ3n) is 7.77. The summed E-state index contributed by atoms with van der Waals surface area (Å²) in [6.45, 7) is 12.0. The third-order valence-corrected chi connectivity index (χ3v) is 7.77. The first-order valence-electron chi connectivity index (χ1n) is 12.2. The molecule has 158 valence electrons. The summed E-state index contributed by atoms with van der Waals surface area (Å²) < 4.78 is 0. The van der Waals surface area contributed by atoms with Crippen molar-refractivity contribution in [1.82, 2.24) is 0 Å². The molecule has 1 fully saturated rings. The largest absolute Gasteiger partial charge is 0.129 e.